The van der Waals surface area contributed by atoms with Gasteiger partial charge in [-0.15, -0.1) is 0 Å². The Morgan fingerprint density at radius 1 is 1.29 bits per heavy atom. The van der Waals surface area contributed by atoms with Gasteiger partial charge >= 0.3 is 5.97 Å². The summed E-state index contributed by atoms with van der Waals surface area (Å²) in [6.45, 7) is 4.10. The summed E-state index contributed by atoms with van der Waals surface area (Å²) in [7, 11) is 0. The second-order valence-electron chi connectivity index (χ2n) is 5.00. The first-order valence-corrected chi connectivity index (χ1v) is 8.14. The summed E-state index contributed by atoms with van der Waals surface area (Å²) < 4.78 is 5.38. The highest BCUT2D eigenvalue weighted by Gasteiger charge is 2.34. The molecule has 1 saturated heterocycles. The molecule has 1 aliphatic rings. The van der Waals surface area contributed by atoms with E-state index in [1.807, 2.05) is 0 Å². The van der Waals surface area contributed by atoms with Gasteiger partial charge in [0.2, 0.25) is 0 Å². The summed E-state index contributed by atoms with van der Waals surface area (Å²) in [6, 6.07) is 7.12. The number of carbonyl (C=O) groups is 3. The van der Waals surface area contributed by atoms with Crippen LogP contribution in [0.1, 0.15) is 18.4 Å². The van der Waals surface area contributed by atoms with Crippen molar-refractivity contribution in [2.24, 2.45) is 0 Å². The molecule has 126 valence electrons. The van der Waals surface area contributed by atoms with Crippen molar-refractivity contribution >= 4 is 35.0 Å². The molecule has 1 heterocycles. The van der Waals surface area contributed by atoms with Crippen LogP contribution in [0, 0.1) is 0 Å². The largest absolute Gasteiger partial charge is 0.490 e. The van der Waals surface area contributed by atoms with Crippen molar-refractivity contribution in [3.05, 3.63) is 47.4 Å². The first-order chi connectivity index (χ1) is 11.5. The highest BCUT2D eigenvalue weighted by molar-refractivity contribution is 8.18. The Bertz CT molecular complexity index is 681. The number of hydrogen-bond donors (Lipinski definition) is 1. The van der Waals surface area contributed by atoms with Gasteiger partial charge in [0.1, 0.15) is 12.4 Å². The molecule has 1 fully saturated rings. The topological polar surface area (TPSA) is 83.9 Å². The van der Waals surface area contributed by atoms with Crippen molar-refractivity contribution < 1.29 is 24.2 Å². The number of carbonyl (C=O) groups excluding carboxylic acids is 2. The van der Waals surface area contributed by atoms with Crippen LogP contribution in [0.5, 0.6) is 5.75 Å². The summed E-state index contributed by atoms with van der Waals surface area (Å²) in [5, 5.41) is 8.25. The predicted molar refractivity (Wildman–Crippen MR) is 91.7 cm³/mol. The average molecular weight is 347 g/mol. The smallest absolute Gasteiger partial charge is 0.303 e. The molecule has 6 nitrogen and oxygen atoms in total. The van der Waals surface area contributed by atoms with E-state index >= 15 is 0 Å². The first kappa shape index (κ1) is 17.8. The number of rotatable bonds is 8. The fourth-order valence-corrected chi connectivity index (χ4v) is 2.91. The van der Waals surface area contributed by atoms with Crippen LogP contribution in [0.4, 0.5) is 4.79 Å². The van der Waals surface area contributed by atoms with Gasteiger partial charge < -0.3 is 9.84 Å². The molecule has 0 spiro atoms. The molecule has 24 heavy (non-hydrogen) atoms. The minimum atomic E-state index is -0.948. The lowest BCUT2D eigenvalue weighted by atomic mass is 10.2. The van der Waals surface area contributed by atoms with Crippen molar-refractivity contribution in [1.82, 2.24) is 4.90 Å². The summed E-state index contributed by atoms with van der Waals surface area (Å²) in [4.78, 5) is 36.0. The first-order valence-electron chi connectivity index (χ1n) is 7.32. The van der Waals surface area contributed by atoms with Crippen molar-refractivity contribution in [2.45, 2.75) is 12.8 Å². The van der Waals surface area contributed by atoms with E-state index in [0.29, 0.717) is 17.3 Å². The quantitative estimate of drug-likeness (QED) is 0.574. The fraction of sp³-hybridized carbons (Fsp3) is 0.235. The van der Waals surface area contributed by atoms with E-state index in [2.05, 4.69) is 6.58 Å². The second-order valence-corrected chi connectivity index (χ2v) is 5.99. The molecule has 0 atom stereocenters. The maximum atomic E-state index is 12.2. The lowest BCUT2D eigenvalue weighted by Crippen LogP contribution is -2.29. The van der Waals surface area contributed by atoms with Gasteiger partial charge in [-0.3, -0.25) is 19.3 Å². The van der Waals surface area contributed by atoms with E-state index in [9.17, 15) is 14.4 Å². The molecule has 7 heteroatoms. The Balaban J connectivity index is 2.02. The van der Waals surface area contributed by atoms with Gasteiger partial charge in [0.15, 0.2) is 0 Å². The third-order valence-corrected chi connectivity index (χ3v) is 4.10. The number of amides is 2. The van der Waals surface area contributed by atoms with Crippen LogP contribution < -0.4 is 4.74 Å². The third-order valence-electron chi connectivity index (χ3n) is 3.19. The number of nitrogens with zero attached hydrogens (tertiary/aromatic N) is 1. The minimum Gasteiger partial charge on any atom is -0.490 e. The van der Waals surface area contributed by atoms with E-state index in [0.717, 1.165) is 22.2 Å². The zero-order valence-electron chi connectivity index (χ0n) is 12.9. The minimum absolute atomic E-state index is 0.0764. The van der Waals surface area contributed by atoms with Crippen molar-refractivity contribution in [3.63, 3.8) is 0 Å². The molecule has 0 saturated carbocycles. The van der Waals surface area contributed by atoms with Crippen molar-refractivity contribution in [3.8, 4) is 5.75 Å². The van der Waals surface area contributed by atoms with E-state index in [1.54, 1.807) is 36.4 Å². The highest BCUT2D eigenvalue weighted by atomic mass is 32.2. The molecule has 1 aromatic carbocycles. The van der Waals surface area contributed by atoms with Crippen LogP contribution >= 0.6 is 11.8 Å². The molecule has 2 rings (SSSR count). The second kappa shape index (κ2) is 8.35. The van der Waals surface area contributed by atoms with Gasteiger partial charge in [0, 0.05) is 13.0 Å². The fourth-order valence-electron chi connectivity index (χ4n) is 2.05. The normalized spacial score (nSPS) is 15.8. The molecular formula is C17H17NO5S. The monoisotopic (exact) mass is 347 g/mol. The highest BCUT2D eigenvalue weighted by Crippen LogP contribution is 2.32. The number of carboxylic acids is 1. The number of ether oxygens (including phenoxy) is 1. The average Bonchev–Trinajstić information content (AvgIpc) is 2.81. The molecule has 0 bridgehead atoms. The Kier molecular flexibility index (Phi) is 6.20. The van der Waals surface area contributed by atoms with Crippen LogP contribution in [0.3, 0.4) is 0 Å². The standard InChI is InChI=1S/C17H17NO5S/c1-2-10-23-13-7-5-12(6-8-13)11-14-16(21)18(17(22)24-14)9-3-4-15(19)20/h2,5-8,11H,1,3-4,9-10H2,(H,19,20)/b14-11-. The molecule has 1 aromatic rings. The molecule has 0 aliphatic carbocycles. The molecule has 0 aromatic heterocycles. The molecule has 1 N–H and O–H groups in total. The van der Waals surface area contributed by atoms with E-state index in [-0.39, 0.29) is 30.5 Å². The summed E-state index contributed by atoms with van der Waals surface area (Å²) in [5.41, 5.74) is 0.775. The van der Waals surface area contributed by atoms with Crippen LogP contribution in [0.25, 0.3) is 6.08 Å². The van der Waals surface area contributed by atoms with Crippen LogP contribution in [-0.2, 0) is 9.59 Å². The van der Waals surface area contributed by atoms with E-state index < -0.39 is 5.97 Å². The number of imide groups is 1. The maximum Gasteiger partial charge on any atom is 0.303 e. The lowest BCUT2D eigenvalue weighted by Gasteiger charge is -2.10. The van der Waals surface area contributed by atoms with Gasteiger partial charge in [-0.1, -0.05) is 24.8 Å². The van der Waals surface area contributed by atoms with Crippen LogP contribution in [0.2, 0.25) is 0 Å². The van der Waals surface area contributed by atoms with Gasteiger partial charge in [-0.25, -0.2) is 0 Å². The molecule has 0 unspecified atom stereocenters. The number of hydrogen-bond acceptors (Lipinski definition) is 5. The molecule has 2 amide bonds. The Labute approximate surface area is 143 Å². The van der Waals surface area contributed by atoms with Gasteiger partial charge in [-0.2, -0.15) is 0 Å². The van der Waals surface area contributed by atoms with E-state index in [4.69, 9.17) is 9.84 Å². The van der Waals surface area contributed by atoms with E-state index in [1.165, 1.54) is 0 Å². The van der Waals surface area contributed by atoms with Crippen LogP contribution in [-0.4, -0.2) is 40.3 Å². The SMILES string of the molecule is C=CCOc1ccc(/C=C2\SC(=O)N(CCCC(=O)O)C2=O)cc1. The zero-order chi connectivity index (χ0) is 17.5. The summed E-state index contributed by atoms with van der Waals surface area (Å²) in [6.07, 6.45) is 3.45. The molecule has 1 aliphatic heterocycles. The molecular weight excluding hydrogens is 330 g/mol. The lowest BCUT2D eigenvalue weighted by molar-refractivity contribution is -0.137. The number of benzene rings is 1. The summed E-state index contributed by atoms with van der Waals surface area (Å²) >= 11 is 0.860. The van der Waals surface area contributed by atoms with Crippen molar-refractivity contribution in [2.75, 3.05) is 13.2 Å². The van der Waals surface area contributed by atoms with Crippen LogP contribution in [0.15, 0.2) is 41.8 Å². The zero-order valence-corrected chi connectivity index (χ0v) is 13.8. The van der Waals surface area contributed by atoms with Crippen molar-refractivity contribution in [1.29, 1.82) is 0 Å². The summed E-state index contributed by atoms with van der Waals surface area (Å²) in [5.74, 6) is -0.646. The van der Waals surface area contributed by atoms with Gasteiger partial charge in [0.05, 0.1) is 4.91 Å². The number of aliphatic carboxylic acids is 1. The molecule has 0 radical (unpaired) electrons. The number of thioether (sulfide) groups is 1. The van der Waals surface area contributed by atoms with Gasteiger partial charge in [-0.05, 0) is 42.0 Å². The number of carboxylic acid groups (broad SMARTS) is 1. The Hall–Kier alpha value is -2.54. The Morgan fingerprint density at radius 3 is 2.62 bits per heavy atom. The van der Waals surface area contributed by atoms with Gasteiger partial charge in [0.25, 0.3) is 11.1 Å². The third kappa shape index (κ3) is 4.73. The maximum absolute atomic E-state index is 12.2. The Morgan fingerprint density at radius 2 is 2.00 bits per heavy atom. The predicted octanol–water partition coefficient (Wildman–Crippen LogP) is 3.15.